The van der Waals surface area contributed by atoms with Gasteiger partial charge in [-0.3, -0.25) is 0 Å². The van der Waals surface area contributed by atoms with Crippen molar-refractivity contribution in [1.29, 1.82) is 0 Å². The summed E-state index contributed by atoms with van der Waals surface area (Å²) in [5.74, 6) is 0. The van der Waals surface area contributed by atoms with Gasteiger partial charge in [0.15, 0.2) is 0 Å². The maximum absolute atomic E-state index is 6.38. The van der Waals surface area contributed by atoms with Crippen LogP contribution in [0.3, 0.4) is 0 Å². The molecule has 2 aromatic rings. The molecule has 0 atom stereocenters. The van der Waals surface area contributed by atoms with E-state index in [4.69, 9.17) is 5.73 Å². The molecule has 2 nitrogen and oxygen atoms in total. The molecule has 0 spiro atoms. The van der Waals surface area contributed by atoms with Gasteiger partial charge in [0.1, 0.15) is 0 Å². The van der Waals surface area contributed by atoms with E-state index in [1.807, 2.05) is 6.07 Å². The summed E-state index contributed by atoms with van der Waals surface area (Å²) >= 11 is 1.79. The van der Waals surface area contributed by atoms with Crippen LogP contribution < -0.4 is 5.73 Å². The van der Waals surface area contributed by atoms with Crippen LogP contribution >= 0.6 is 11.3 Å². The molecular formula is C13H16N2S. The monoisotopic (exact) mass is 232 g/mol. The molecule has 1 aromatic heterocycles. The number of nitrogens with two attached hydrogens (primary N) is 1. The van der Waals surface area contributed by atoms with Gasteiger partial charge in [0.2, 0.25) is 0 Å². The molecule has 0 unspecified atom stereocenters. The Morgan fingerprint density at radius 3 is 2.75 bits per heavy atom. The van der Waals surface area contributed by atoms with Crippen LogP contribution in [0.1, 0.15) is 30.7 Å². The molecule has 1 saturated carbocycles. The normalized spacial score (nSPS) is 19.3. The summed E-state index contributed by atoms with van der Waals surface area (Å²) in [5.41, 5.74) is 7.52. The van der Waals surface area contributed by atoms with Gasteiger partial charge in [0.25, 0.3) is 0 Å². The first-order valence-corrected chi connectivity index (χ1v) is 6.70. The Kier molecular flexibility index (Phi) is 2.45. The lowest BCUT2D eigenvalue weighted by Gasteiger charge is -2.21. The summed E-state index contributed by atoms with van der Waals surface area (Å²) in [7, 11) is 0. The molecule has 0 saturated heterocycles. The second kappa shape index (κ2) is 3.82. The van der Waals surface area contributed by atoms with Crippen molar-refractivity contribution in [2.45, 2.75) is 37.6 Å². The molecule has 1 aliphatic carbocycles. The fourth-order valence-electron chi connectivity index (χ4n) is 2.55. The molecule has 0 amide bonds. The third-order valence-electron chi connectivity index (χ3n) is 3.44. The van der Waals surface area contributed by atoms with E-state index in [1.54, 1.807) is 11.3 Å². The number of benzene rings is 1. The van der Waals surface area contributed by atoms with Gasteiger partial charge in [0, 0.05) is 12.0 Å². The highest BCUT2D eigenvalue weighted by Gasteiger charge is 2.30. The number of rotatable bonds is 2. The van der Waals surface area contributed by atoms with Crippen LogP contribution in [0.25, 0.3) is 10.2 Å². The van der Waals surface area contributed by atoms with Gasteiger partial charge in [-0.1, -0.05) is 25.0 Å². The predicted molar refractivity (Wildman–Crippen MR) is 68.7 cm³/mol. The zero-order valence-electron chi connectivity index (χ0n) is 9.28. The number of aromatic nitrogens is 1. The van der Waals surface area contributed by atoms with E-state index in [0.717, 1.165) is 24.8 Å². The molecule has 1 aromatic carbocycles. The van der Waals surface area contributed by atoms with Gasteiger partial charge in [-0.25, -0.2) is 4.98 Å². The molecule has 1 heterocycles. The number of hydrogen-bond donors (Lipinski definition) is 1. The Hall–Kier alpha value is -0.930. The number of para-hydroxylation sites is 1. The van der Waals surface area contributed by atoms with Gasteiger partial charge in [-0.05, 0) is 25.0 Å². The summed E-state index contributed by atoms with van der Waals surface area (Å²) in [5, 5.41) is 1.20. The number of hydrogen-bond acceptors (Lipinski definition) is 3. The van der Waals surface area contributed by atoms with Crippen LogP contribution in [-0.2, 0) is 6.42 Å². The summed E-state index contributed by atoms with van der Waals surface area (Å²) in [6.45, 7) is 0. The molecule has 3 rings (SSSR count). The average Bonchev–Trinajstić information content (AvgIpc) is 2.84. The van der Waals surface area contributed by atoms with Gasteiger partial charge < -0.3 is 5.73 Å². The molecule has 84 valence electrons. The lowest BCUT2D eigenvalue weighted by Crippen LogP contribution is -2.38. The average molecular weight is 232 g/mol. The van der Waals surface area contributed by atoms with E-state index in [9.17, 15) is 0 Å². The lowest BCUT2D eigenvalue weighted by molar-refractivity contribution is 0.436. The molecule has 0 radical (unpaired) electrons. The van der Waals surface area contributed by atoms with Crippen LogP contribution in [0.4, 0.5) is 0 Å². The minimum atomic E-state index is 0.0217. The van der Waals surface area contributed by atoms with Gasteiger partial charge in [-0.2, -0.15) is 0 Å². The van der Waals surface area contributed by atoms with Gasteiger partial charge in [0.05, 0.1) is 15.2 Å². The smallest absolute Gasteiger partial charge is 0.0956 e. The Balaban J connectivity index is 1.89. The van der Waals surface area contributed by atoms with Gasteiger partial charge >= 0.3 is 0 Å². The van der Waals surface area contributed by atoms with Crippen molar-refractivity contribution in [2.24, 2.45) is 5.73 Å². The molecule has 0 aliphatic heterocycles. The zero-order chi connectivity index (χ0) is 11.0. The zero-order valence-corrected chi connectivity index (χ0v) is 10.1. The molecule has 1 fully saturated rings. The Morgan fingerprint density at radius 2 is 2.00 bits per heavy atom. The van der Waals surface area contributed by atoms with Crippen LogP contribution in [0.15, 0.2) is 24.3 Å². The Morgan fingerprint density at radius 1 is 1.25 bits per heavy atom. The van der Waals surface area contributed by atoms with Crippen molar-refractivity contribution in [1.82, 2.24) is 4.98 Å². The van der Waals surface area contributed by atoms with Crippen LogP contribution in [0.2, 0.25) is 0 Å². The van der Waals surface area contributed by atoms with Crippen LogP contribution in [-0.4, -0.2) is 10.5 Å². The second-order valence-corrected chi connectivity index (χ2v) is 5.94. The van der Waals surface area contributed by atoms with Crippen molar-refractivity contribution in [3.8, 4) is 0 Å². The third-order valence-corrected chi connectivity index (χ3v) is 4.48. The predicted octanol–water partition coefficient (Wildman–Crippen LogP) is 3.11. The van der Waals surface area contributed by atoms with E-state index >= 15 is 0 Å². The quantitative estimate of drug-likeness (QED) is 0.864. The van der Waals surface area contributed by atoms with E-state index < -0.39 is 0 Å². The van der Waals surface area contributed by atoms with Crippen LogP contribution in [0.5, 0.6) is 0 Å². The molecule has 16 heavy (non-hydrogen) atoms. The van der Waals surface area contributed by atoms with Crippen molar-refractivity contribution in [3.05, 3.63) is 29.3 Å². The first-order valence-electron chi connectivity index (χ1n) is 5.89. The first-order chi connectivity index (χ1) is 7.75. The molecule has 2 N–H and O–H groups in total. The van der Waals surface area contributed by atoms with E-state index in [-0.39, 0.29) is 5.54 Å². The van der Waals surface area contributed by atoms with Crippen molar-refractivity contribution < 1.29 is 0 Å². The van der Waals surface area contributed by atoms with E-state index in [0.29, 0.717) is 0 Å². The third kappa shape index (κ3) is 1.85. The largest absolute Gasteiger partial charge is 0.325 e. The molecule has 3 heteroatoms. The van der Waals surface area contributed by atoms with Gasteiger partial charge in [-0.15, -0.1) is 11.3 Å². The summed E-state index contributed by atoms with van der Waals surface area (Å²) in [6, 6.07) is 8.32. The Labute approximate surface area is 99.5 Å². The lowest BCUT2D eigenvalue weighted by atomic mass is 9.95. The summed E-state index contributed by atoms with van der Waals surface area (Å²) < 4.78 is 1.28. The highest BCUT2D eigenvalue weighted by atomic mass is 32.1. The van der Waals surface area contributed by atoms with Crippen molar-refractivity contribution in [3.63, 3.8) is 0 Å². The second-order valence-electron chi connectivity index (χ2n) is 4.82. The van der Waals surface area contributed by atoms with E-state index in [2.05, 4.69) is 23.2 Å². The van der Waals surface area contributed by atoms with E-state index in [1.165, 1.54) is 22.5 Å². The topological polar surface area (TPSA) is 38.9 Å². The summed E-state index contributed by atoms with van der Waals surface area (Å²) in [6.07, 6.45) is 5.82. The fourth-order valence-corrected chi connectivity index (χ4v) is 3.67. The first kappa shape index (κ1) is 10.2. The number of nitrogens with zero attached hydrogens (tertiary/aromatic N) is 1. The number of fused-ring (bicyclic) bond motifs is 1. The highest BCUT2D eigenvalue weighted by Crippen LogP contribution is 2.32. The molecular weight excluding hydrogens is 216 g/mol. The van der Waals surface area contributed by atoms with Crippen molar-refractivity contribution >= 4 is 21.6 Å². The molecule has 1 aliphatic rings. The summed E-state index contributed by atoms with van der Waals surface area (Å²) in [4.78, 5) is 4.66. The Bertz CT molecular complexity index is 464. The van der Waals surface area contributed by atoms with Crippen LogP contribution in [0, 0.1) is 0 Å². The number of thiazole rings is 1. The maximum atomic E-state index is 6.38. The maximum Gasteiger partial charge on any atom is 0.0956 e. The SMILES string of the molecule is NC1(Cc2nc3ccccc3s2)CCCC1. The van der Waals surface area contributed by atoms with Crippen molar-refractivity contribution in [2.75, 3.05) is 0 Å². The standard InChI is InChI=1S/C13H16N2S/c14-13(7-3-4-8-13)9-12-15-10-5-1-2-6-11(10)16-12/h1-2,5-6H,3-4,7-9,14H2. The highest BCUT2D eigenvalue weighted by molar-refractivity contribution is 7.18. The molecule has 0 bridgehead atoms. The fraction of sp³-hybridized carbons (Fsp3) is 0.462. The minimum absolute atomic E-state index is 0.0217. The minimum Gasteiger partial charge on any atom is -0.325 e.